The van der Waals surface area contributed by atoms with Crippen molar-refractivity contribution < 1.29 is 14.3 Å². The Balaban J connectivity index is 2.05. The van der Waals surface area contributed by atoms with Crippen LogP contribution in [0.1, 0.15) is 21.9 Å². The fraction of sp³-hybridized carbons (Fsp3) is 0.0769. The van der Waals surface area contributed by atoms with Crippen molar-refractivity contribution in [2.75, 3.05) is 0 Å². The van der Waals surface area contributed by atoms with Gasteiger partial charge in [-0.05, 0) is 37.3 Å². The number of hydrogen-bond donors (Lipinski definition) is 2. The highest BCUT2D eigenvalue weighted by molar-refractivity contribution is 6.31. The molecule has 0 aliphatic heterocycles. The Kier molecular flexibility index (Phi) is 3.87. The van der Waals surface area contributed by atoms with Gasteiger partial charge in [-0.2, -0.15) is 5.10 Å². The average molecular weight is 279 g/mol. The molecule has 19 heavy (non-hydrogen) atoms. The number of hydrogen-bond acceptors (Lipinski definition) is 4. The van der Waals surface area contributed by atoms with Gasteiger partial charge in [0.05, 0.1) is 11.8 Å². The van der Waals surface area contributed by atoms with E-state index in [1.165, 1.54) is 24.4 Å². The van der Waals surface area contributed by atoms with Crippen molar-refractivity contribution in [1.82, 2.24) is 5.43 Å². The van der Waals surface area contributed by atoms with Crippen LogP contribution in [0.2, 0.25) is 5.02 Å². The van der Waals surface area contributed by atoms with Gasteiger partial charge in [0.15, 0.2) is 0 Å². The second kappa shape index (κ2) is 5.58. The SMILES string of the molecule is Cc1ccc(C=NNC(=O)c2cc(Cl)ccc2O)o1. The summed E-state index contributed by atoms with van der Waals surface area (Å²) in [6.07, 6.45) is 1.37. The van der Waals surface area contributed by atoms with Gasteiger partial charge in [0.25, 0.3) is 5.91 Å². The van der Waals surface area contributed by atoms with Crippen LogP contribution >= 0.6 is 11.6 Å². The maximum Gasteiger partial charge on any atom is 0.275 e. The molecule has 0 atom stereocenters. The summed E-state index contributed by atoms with van der Waals surface area (Å²) in [5, 5.41) is 13.6. The molecule has 6 heteroatoms. The van der Waals surface area contributed by atoms with Crippen molar-refractivity contribution in [3.8, 4) is 5.75 Å². The lowest BCUT2D eigenvalue weighted by Crippen LogP contribution is -2.17. The van der Waals surface area contributed by atoms with Crippen LogP contribution in [0.15, 0.2) is 39.9 Å². The minimum atomic E-state index is -0.556. The standard InChI is InChI=1S/C13H11ClN2O3/c1-8-2-4-10(19-8)7-15-16-13(18)11-6-9(14)3-5-12(11)17/h2-7,17H,1H3,(H,16,18). The Morgan fingerprint density at radius 2 is 2.21 bits per heavy atom. The smallest absolute Gasteiger partial charge is 0.275 e. The molecule has 5 nitrogen and oxygen atoms in total. The molecule has 2 aromatic rings. The number of carbonyl (C=O) groups excluding carboxylic acids is 1. The molecule has 0 bridgehead atoms. The first-order valence-electron chi connectivity index (χ1n) is 5.44. The summed E-state index contributed by atoms with van der Waals surface area (Å²) >= 11 is 5.75. The molecule has 2 N–H and O–H groups in total. The fourth-order valence-electron chi connectivity index (χ4n) is 1.43. The number of rotatable bonds is 3. The lowest BCUT2D eigenvalue weighted by atomic mass is 10.2. The zero-order valence-electron chi connectivity index (χ0n) is 10.1. The van der Waals surface area contributed by atoms with E-state index in [4.69, 9.17) is 16.0 Å². The number of amides is 1. The van der Waals surface area contributed by atoms with Crippen molar-refractivity contribution in [3.05, 3.63) is 52.4 Å². The summed E-state index contributed by atoms with van der Waals surface area (Å²) in [5.74, 6) is 0.554. The maximum absolute atomic E-state index is 11.7. The van der Waals surface area contributed by atoms with E-state index < -0.39 is 5.91 Å². The van der Waals surface area contributed by atoms with E-state index in [-0.39, 0.29) is 11.3 Å². The second-order valence-electron chi connectivity index (χ2n) is 3.81. The monoisotopic (exact) mass is 278 g/mol. The van der Waals surface area contributed by atoms with Crippen LogP contribution in [0.5, 0.6) is 5.75 Å². The number of halogens is 1. The number of benzene rings is 1. The van der Waals surface area contributed by atoms with E-state index in [9.17, 15) is 9.90 Å². The summed E-state index contributed by atoms with van der Waals surface area (Å²) < 4.78 is 5.24. The van der Waals surface area contributed by atoms with E-state index in [2.05, 4.69) is 10.5 Å². The van der Waals surface area contributed by atoms with E-state index >= 15 is 0 Å². The molecule has 0 saturated carbocycles. The third kappa shape index (κ3) is 3.35. The molecule has 0 fully saturated rings. The first kappa shape index (κ1) is 13.2. The number of carbonyl (C=O) groups is 1. The van der Waals surface area contributed by atoms with Crippen LogP contribution in [0.3, 0.4) is 0 Å². The Labute approximate surface area is 114 Å². The van der Waals surface area contributed by atoms with Gasteiger partial charge in [0.2, 0.25) is 0 Å². The van der Waals surface area contributed by atoms with Gasteiger partial charge in [-0.3, -0.25) is 4.79 Å². The van der Waals surface area contributed by atoms with E-state index in [1.807, 2.05) is 0 Å². The lowest BCUT2D eigenvalue weighted by molar-refractivity contribution is 0.0952. The summed E-state index contributed by atoms with van der Waals surface area (Å²) in [5.41, 5.74) is 2.33. The number of aromatic hydroxyl groups is 1. The molecular formula is C13H11ClN2O3. The molecule has 1 amide bonds. The Morgan fingerprint density at radius 1 is 1.42 bits per heavy atom. The van der Waals surface area contributed by atoms with Gasteiger partial charge in [-0.1, -0.05) is 11.6 Å². The van der Waals surface area contributed by atoms with Gasteiger partial charge >= 0.3 is 0 Å². The van der Waals surface area contributed by atoms with Crippen LogP contribution in [0, 0.1) is 6.92 Å². The highest BCUT2D eigenvalue weighted by Crippen LogP contribution is 2.21. The van der Waals surface area contributed by atoms with Gasteiger partial charge in [0, 0.05) is 5.02 Å². The van der Waals surface area contributed by atoms with Crippen LogP contribution in [-0.4, -0.2) is 17.2 Å². The van der Waals surface area contributed by atoms with E-state index in [1.54, 1.807) is 19.1 Å². The fourth-order valence-corrected chi connectivity index (χ4v) is 1.60. The maximum atomic E-state index is 11.7. The molecular weight excluding hydrogens is 268 g/mol. The molecule has 1 aromatic carbocycles. The van der Waals surface area contributed by atoms with Gasteiger partial charge in [-0.25, -0.2) is 5.43 Å². The molecule has 98 valence electrons. The number of hydrazone groups is 1. The average Bonchev–Trinajstić information content (AvgIpc) is 2.78. The lowest BCUT2D eigenvalue weighted by Gasteiger charge is -2.02. The van der Waals surface area contributed by atoms with E-state index in [0.717, 1.165) is 5.76 Å². The molecule has 0 radical (unpaired) electrons. The number of aryl methyl sites for hydroxylation is 1. The van der Waals surface area contributed by atoms with Crippen molar-refractivity contribution in [3.63, 3.8) is 0 Å². The van der Waals surface area contributed by atoms with Crippen molar-refractivity contribution in [2.24, 2.45) is 5.10 Å². The normalized spacial score (nSPS) is 10.8. The minimum Gasteiger partial charge on any atom is -0.507 e. The summed E-state index contributed by atoms with van der Waals surface area (Å²) in [6, 6.07) is 7.70. The Hall–Kier alpha value is -2.27. The summed E-state index contributed by atoms with van der Waals surface area (Å²) in [7, 11) is 0. The van der Waals surface area contributed by atoms with Crippen LogP contribution < -0.4 is 5.43 Å². The Morgan fingerprint density at radius 3 is 2.89 bits per heavy atom. The van der Waals surface area contributed by atoms with Crippen molar-refractivity contribution in [2.45, 2.75) is 6.92 Å². The zero-order valence-corrected chi connectivity index (χ0v) is 10.8. The molecule has 0 unspecified atom stereocenters. The highest BCUT2D eigenvalue weighted by Gasteiger charge is 2.10. The van der Waals surface area contributed by atoms with Gasteiger partial charge < -0.3 is 9.52 Å². The zero-order chi connectivity index (χ0) is 13.8. The topological polar surface area (TPSA) is 74.8 Å². The van der Waals surface area contributed by atoms with Gasteiger partial charge in [0.1, 0.15) is 17.3 Å². The predicted octanol–water partition coefficient (Wildman–Crippen LogP) is 2.71. The molecule has 1 heterocycles. The molecule has 0 saturated heterocycles. The van der Waals surface area contributed by atoms with Crippen LogP contribution in [-0.2, 0) is 0 Å². The number of furan rings is 1. The van der Waals surface area contributed by atoms with E-state index in [0.29, 0.717) is 10.8 Å². The minimum absolute atomic E-state index is 0.0558. The second-order valence-corrected chi connectivity index (χ2v) is 4.25. The summed E-state index contributed by atoms with van der Waals surface area (Å²) in [6.45, 7) is 1.81. The third-order valence-electron chi connectivity index (χ3n) is 2.32. The molecule has 2 rings (SSSR count). The molecule has 0 aliphatic rings. The number of nitrogens with zero attached hydrogens (tertiary/aromatic N) is 1. The predicted molar refractivity (Wildman–Crippen MR) is 71.6 cm³/mol. The quantitative estimate of drug-likeness (QED) is 0.669. The summed E-state index contributed by atoms with van der Waals surface area (Å²) in [4.78, 5) is 11.7. The molecule has 1 aromatic heterocycles. The number of phenols is 1. The first-order chi connectivity index (χ1) is 9.06. The number of nitrogens with one attached hydrogen (secondary N) is 1. The largest absolute Gasteiger partial charge is 0.507 e. The highest BCUT2D eigenvalue weighted by atomic mass is 35.5. The van der Waals surface area contributed by atoms with Crippen LogP contribution in [0.4, 0.5) is 0 Å². The molecule has 0 spiro atoms. The van der Waals surface area contributed by atoms with Gasteiger partial charge in [-0.15, -0.1) is 0 Å². The Bertz CT molecular complexity index is 635. The van der Waals surface area contributed by atoms with Crippen molar-refractivity contribution >= 4 is 23.7 Å². The first-order valence-corrected chi connectivity index (χ1v) is 5.82. The van der Waals surface area contributed by atoms with Crippen LogP contribution in [0.25, 0.3) is 0 Å². The third-order valence-corrected chi connectivity index (χ3v) is 2.56. The number of phenolic OH excluding ortho intramolecular Hbond substituents is 1. The molecule has 0 aliphatic carbocycles. The van der Waals surface area contributed by atoms with Crippen molar-refractivity contribution in [1.29, 1.82) is 0 Å².